The van der Waals surface area contributed by atoms with Crippen molar-refractivity contribution < 1.29 is 4.79 Å². The number of amides is 1. The molecule has 17 heavy (non-hydrogen) atoms. The number of nitrogens with one attached hydrogen (secondary N) is 1. The van der Waals surface area contributed by atoms with Gasteiger partial charge in [-0.05, 0) is 47.6 Å². The smallest absolute Gasteiger partial charge is 0.241 e. The minimum atomic E-state index is 0.0126. The van der Waals surface area contributed by atoms with E-state index >= 15 is 0 Å². The number of nitrogens with zero attached hydrogens (tertiary/aromatic N) is 1. The Balaban J connectivity index is 1.81. The molecule has 2 atom stereocenters. The normalized spacial score (nSPS) is 29.0. The van der Waals surface area contributed by atoms with Crippen LogP contribution in [-0.4, -0.2) is 23.4 Å². The van der Waals surface area contributed by atoms with E-state index in [4.69, 9.17) is 0 Å². The highest BCUT2D eigenvalue weighted by atomic mass is 32.1. The van der Waals surface area contributed by atoms with Crippen LogP contribution >= 0.6 is 11.3 Å². The summed E-state index contributed by atoms with van der Waals surface area (Å²) in [4.78, 5) is 14.3. The molecular weight excluding hydrogens is 232 g/mol. The molecule has 1 saturated carbocycles. The first kappa shape index (κ1) is 11.2. The third kappa shape index (κ3) is 2.11. The Morgan fingerprint density at radius 3 is 2.94 bits per heavy atom. The van der Waals surface area contributed by atoms with E-state index < -0.39 is 0 Å². The molecule has 1 aliphatic heterocycles. The number of carbonyl (C=O) groups is 1. The Labute approximate surface area is 106 Å². The highest BCUT2D eigenvalue weighted by molar-refractivity contribution is 7.07. The second kappa shape index (κ2) is 4.42. The average Bonchev–Trinajstić information content (AvgIpc) is 2.88. The number of thiophene rings is 1. The predicted molar refractivity (Wildman–Crippen MR) is 68.7 cm³/mol. The predicted octanol–water partition coefficient (Wildman–Crippen LogP) is 2.37. The summed E-state index contributed by atoms with van der Waals surface area (Å²) in [5.41, 5.74) is 1.24. The van der Waals surface area contributed by atoms with Gasteiger partial charge in [0.15, 0.2) is 0 Å². The third-order valence-electron chi connectivity index (χ3n) is 3.67. The summed E-state index contributed by atoms with van der Waals surface area (Å²) in [6.07, 6.45) is 3.56. The lowest BCUT2D eigenvalue weighted by molar-refractivity contribution is -0.130. The maximum atomic E-state index is 12.3. The second-order valence-electron chi connectivity index (χ2n) is 5.02. The first-order valence-corrected chi connectivity index (χ1v) is 7.32. The Bertz CT molecular complexity index is 400. The molecule has 1 N–H and O–H groups in total. The molecule has 0 bridgehead atoms. The number of rotatable bonds is 4. The van der Waals surface area contributed by atoms with Crippen molar-refractivity contribution in [3.8, 4) is 0 Å². The lowest BCUT2D eigenvalue weighted by atomic mass is 10.2. The fourth-order valence-electron chi connectivity index (χ4n) is 2.45. The van der Waals surface area contributed by atoms with Crippen LogP contribution < -0.4 is 5.32 Å². The van der Waals surface area contributed by atoms with E-state index in [0.29, 0.717) is 0 Å². The van der Waals surface area contributed by atoms with Gasteiger partial charge in [-0.25, -0.2) is 0 Å². The molecule has 0 spiro atoms. The van der Waals surface area contributed by atoms with Gasteiger partial charge in [0, 0.05) is 6.54 Å². The molecule has 1 amide bonds. The SMILES string of the molecule is CCC1NC(c2ccsc2)N(CC2CC2)C1=O. The van der Waals surface area contributed by atoms with Gasteiger partial charge < -0.3 is 4.90 Å². The monoisotopic (exact) mass is 250 g/mol. The standard InChI is InChI=1S/C13H18N2OS/c1-2-11-13(16)15(7-9-3-4-9)12(14-11)10-5-6-17-8-10/h5-6,8-9,11-12,14H,2-4,7H2,1H3. The average molecular weight is 250 g/mol. The van der Waals surface area contributed by atoms with Crippen LogP contribution in [0.15, 0.2) is 16.8 Å². The van der Waals surface area contributed by atoms with E-state index in [0.717, 1.165) is 18.9 Å². The van der Waals surface area contributed by atoms with Crippen molar-refractivity contribution in [1.82, 2.24) is 10.2 Å². The summed E-state index contributed by atoms with van der Waals surface area (Å²) < 4.78 is 0. The van der Waals surface area contributed by atoms with Crippen molar-refractivity contribution in [3.63, 3.8) is 0 Å². The quantitative estimate of drug-likeness (QED) is 0.889. The Morgan fingerprint density at radius 1 is 1.53 bits per heavy atom. The summed E-state index contributed by atoms with van der Waals surface area (Å²) in [6.45, 7) is 3.00. The van der Waals surface area contributed by atoms with Gasteiger partial charge in [-0.3, -0.25) is 10.1 Å². The topological polar surface area (TPSA) is 32.3 Å². The van der Waals surface area contributed by atoms with E-state index in [1.165, 1.54) is 18.4 Å². The minimum absolute atomic E-state index is 0.0126. The van der Waals surface area contributed by atoms with Crippen molar-refractivity contribution in [2.75, 3.05) is 6.54 Å². The molecule has 1 saturated heterocycles. The molecular formula is C13H18N2OS. The van der Waals surface area contributed by atoms with Crippen molar-refractivity contribution in [3.05, 3.63) is 22.4 Å². The van der Waals surface area contributed by atoms with E-state index in [2.05, 4.69) is 29.1 Å². The van der Waals surface area contributed by atoms with Gasteiger partial charge in [0.1, 0.15) is 6.17 Å². The Morgan fingerprint density at radius 2 is 2.35 bits per heavy atom. The van der Waals surface area contributed by atoms with Gasteiger partial charge in [-0.1, -0.05) is 6.92 Å². The first-order chi connectivity index (χ1) is 8.29. The lowest BCUT2D eigenvalue weighted by Gasteiger charge is -2.23. The molecule has 3 nitrogen and oxygen atoms in total. The maximum Gasteiger partial charge on any atom is 0.241 e. The summed E-state index contributed by atoms with van der Waals surface area (Å²) in [5, 5.41) is 7.68. The van der Waals surface area contributed by atoms with Crippen LogP contribution in [0.25, 0.3) is 0 Å². The fraction of sp³-hybridized carbons (Fsp3) is 0.615. The molecule has 3 rings (SSSR count). The zero-order valence-electron chi connectivity index (χ0n) is 10.1. The molecule has 0 aromatic carbocycles. The molecule has 1 aromatic heterocycles. The molecule has 4 heteroatoms. The minimum Gasteiger partial charge on any atom is -0.321 e. The molecule has 2 aliphatic rings. The molecule has 92 valence electrons. The summed E-state index contributed by atoms with van der Waals surface area (Å²) in [6, 6.07) is 2.13. The molecule has 0 radical (unpaired) electrons. The van der Waals surface area contributed by atoms with Gasteiger partial charge >= 0.3 is 0 Å². The van der Waals surface area contributed by atoms with Crippen LogP contribution in [0.1, 0.15) is 37.9 Å². The van der Waals surface area contributed by atoms with E-state index in [1.54, 1.807) is 11.3 Å². The van der Waals surface area contributed by atoms with Crippen LogP contribution in [0.5, 0.6) is 0 Å². The van der Waals surface area contributed by atoms with Crippen molar-refractivity contribution in [1.29, 1.82) is 0 Å². The van der Waals surface area contributed by atoms with E-state index in [9.17, 15) is 4.79 Å². The maximum absolute atomic E-state index is 12.3. The summed E-state index contributed by atoms with van der Waals surface area (Å²) in [5.74, 6) is 1.04. The highest BCUT2D eigenvalue weighted by Gasteiger charge is 2.41. The van der Waals surface area contributed by atoms with Crippen molar-refractivity contribution >= 4 is 17.2 Å². The van der Waals surface area contributed by atoms with Gasteiger partial charge in [0.25, 0.3) is 0 Å². The summed E-state index contributed by atoms with van der Waals surface area (Å²) in [7, 11) is 0. The Kier molecular flexibility index (Phi) is 2.92. The zero-order chi connectivity index (χ0) is 11.8. The number of hydrogen-bond donors (Lipinski definition) is 1. The number of carbonyl (C=O) groups excluding carboxylic acids is 1. The van der Waals surface area contributed by atoms with Gasteiger partial charge in [0.05, 0.1) is 6.04 Å². The third-order valence-corrected chi connectivity index (χ3v) is 4.37. The molecule has 2 unspecified atom stereocenters. The van der Waals surface area contributed by atoms with Crippen molar-refractivity contribution in [2.24, 2.45) is 5.92 Å². The fourth-order valence-corrected chi connectivity index (χ4v) is 3.13. The molecule has 1 aliphatic carbocycles. The van der Waals surface area contributed by atoms with Crippen LogP contribution in [0.3, 0.4) is 0 Å². The van der Waals surface area contributed by atoms with Crippen molar-refractivity contribution in [2.45, 2.75) is 38.4 Å². The first-order valence-electron chi connectivity index (χ1n) is 6.38. The van der Waals surface area contributed by atoms with Crippen LogP contribution in [-0.2, 0) is 4.79 Å². The molecule has 2 heterocycles. The highest BCUT2D eigenvalue weighted by Crippen LogP contribution is 2.35. The van der Waals surface area contributed by atoms with E-state index in [1.807, 2.05) is 4.90 Å². The molecule has 2 fully saturated rings. The van der Waals surface area contributed by atoms with Crippen LogP contribution in [0, 0.1) is 5.92 Å². The number of hydrogen-bond acceptors (Lipinski definition) is 3. The van der Waals surface area contributed by atoms with Gasteiger partial charge in [-0.2, -0.15) is 11.3 Å². The van der Waals surface area contributed by atoms with Gasteiger partial charge in [0.2, 0.25) is 5.91 Å². The van der Waals surface area contributed by atoms with Gasteiger partial charge in [-0.15, -0.1) is 0 Å². The largest absolute Gasteiger partial charge is 0.321 e. The second-order valence-corrected chi connectivity index (χ2v) is 5.80. The summed E-state index contributed by atoms with van der Waals surface area (Å²) >= 11 is 1.70. The zero-order valence-corrected chi connectivity index (χ0v) is 10.9. The lowest BCUT2D eigenvalue weighted by Crippen LogP contribution is -2.32. The Hall–Kier alpha value is -0.870. The van der Waals surface area contributed by atoms with Crippen LogP contribution in [0.4, 0.5) is 0 Å². The van der Waals surface area contributed by atoms with Crippen LogP contribution in [0.2, 0.25) is 0 Å². The van der Waals surface area contributed by atoms with E-state index in [-0.39, 0.29) is 18.1 Å². The molecule has 1 aromatic rings.